The number of carbonyl (C=O) groups excluding carboxylic acids is 2. The first kappa shape index (κ1) is 24.1. The van der Waals surface area contributed by atoms with Crippen LogP contribution in [-0.2, 0) is 16.1 Å². The zero-order valence-corrected chi connectivity index (χ0v) is 20.6. The standard InChI is InChI=1S/C27H21N5OS.CH3NO/c33-27-16-34-26-9-7-21(11-25(26)32(27)15-18-4-2-1-3-5-18)31-24-14-30-23-8-6-19(10-22(23)24)20-12-28-17-29-13-20;2-1-3/h1-14,17,30-31H,15-16H2;1H,(H2,2,3). The molecule has 0 fully saturated rings. The quantitative estimate of drug-likeness (QED) is 0.284. The van der Waals surface area contributed by atoms with Crippen LogP contribution in [0, 0.1) is 0 Å². The minimum Gasteiger partial charge on any atom is -0.372 e. The first-order valence-corrected chi connectivity index (χ1v) is 12.5. The van der Waals surface area contributed by atoms with Gasteiger partial charge in [0.25, 0.3) is 0 Å². The van der Waals surface area contributed by atoms with Crippen molar-refractivity contribution in [2.24, 2.45) is 5.73 Å². The molecule has 2 aromatic heterocycles. The second-order valence-corrected chi connectivity index (χ2v) is 9.30. The van der Waals surface area contributed by atoms with Crippen LogP contribution in [0.1, 0.15) is 5.56 Å². The summed E-state index contributed by atoms with van der Waals surface area (Å²) in [5, 5.41) is 4.62. The van der Waals surface area contributed by atoms with Gasteiger partial charge in [-0.2, -0.15) is 0 Å². The number of H-pyrrole nitrogens is 1. The molecule has 1 aliphatic heterocycles. The van der Waals surface area contributed by atoms with E-state index in [-0.39, 0.29) is 12.3 Å². The fourth-order valence-corrected chi connectivity index (χ4v) is 5.14. The minimum atomic E-state index is 0.125. The van der Waals surface area contributed by atoms with Gasteiger partial charge in [-0.05, 0) is 41.5 Å². The molecule has 9 heteroatoms. The Kier molecular flexibility index (Phi) is 7.14. The van der Waals surface area contributed by atoms with Crippen LogP contribution in [0.5, 0.6) is 0 Å². The number of aromatic nitrogens is 3. The minimum absolute atomic E-state index is 0.125. The molecule has 0 saturated heterocycles. The summed E-state index contributed by atoms with van der Waals surface area (Å²) >= 11 is 1.59. The number of nitrogens with one attached hydrogen (secondary N) is 2. The van der Waals surface area contributed by atoms with Gasteiger partial charge in [0.15, 0.2) is 0 Å². The summed E-state index contributed by atoms with van der Waals surface area (Å²) < 4.78 is 0. The van der Waals surface area contributed by atoms with Crippen LogP contribution in [0.2, 0.25) is 0 Å². The van der Waals surface area contributed by atoms with Crippen molar-refractivity contribution < 1.29 is 9.59 Å². The molecule has 0 aliphatic carbocycles. The van der Waals surface area contributed by atoms with Crippen molar-refractivity contribution in [3.05, 3.63) is 97.2 Å². The number of carbonyl (C=O) groups is 2. The lowest BCUT2D eigenvalue weighted by Gasteiger charge is -2.29. The molecule has 0 radical (unpaired) electrons. The zero-order chi connectivity index (χ0) is 25.6. The number of aromatic amines is 1. The van der Waals surface area contributed by atoms with Crippen molar-refractivity contribution in [3.8, 4) is 11.1 Å². The third-order valence-corrected chi connectivity index (χ3v) is 6.99. The highest BCUT2D eigenvalue weighted by Gasteiger charge is 2.25. The van der Waals surface area contributed by atoms with E-state index in [0.29, 0.717) is 12.3 Å². The van der Waals surface area contributed by atoms with E-state index in [0.717, 1.165) is 49.6 Å². The Morgan fingerprint density at radius 2 is 1.81 bits per heavy atom. The largest absolute Gasteiger partial charge is 0.372 e. The summed E-state index contributed by atoms with van der Waals surface area (Å²) in [5.74, 6) is 0.585. The van der Waals surface area contributed by atoms with E-state index in [2.05, 4.69) is 74.5 Å². The van der Waals surface area contributed by atoms with Crippen LogP contribution in [0.4, 0.5) is 17.1 Å². The van der Waals surface area contributed by atoms with Crippen LogP contribution in [0.15, 0.2) is 96.5 Å². The number of primary amides is 1. The van der Waals surface area contributed by atoms with E-state index < -0.39 is 0 Å². The van der Waals surface area contributed by atoms with Crippen LogP contribution in [-0.4, -0.2) is 33.0 Å². The predicted octanol–water partition coefficient (Wildman–Crippen LogP) is 5.11. The Morgan fingerprint density at radius 3 is 2.59 bits per heavy atom. The second-order valence-electron chi connectivity index (χ2n) is 8.29. The molecule has 1 aliphatic rings. The van der Waals surface area contributed by atoms with Crippen molar-refractivity contribution in [3.63, 3.8) is 0 Å². The molecule has 3 heterocycles. The number of hydrogen-bond donors (Lipinski definition) is 3. The van der Waals surface area contributed by atoms with Crippen LogP contribution in [0.3, 0.4) is 0 Å². The van der Waals surface area contributed by atoms with Crippen LogP contribution >= 0.6 is 11.8 Å². The number of fused-ring (bicyclic) bond motifs is 2. The fourth-order valence-electron chi connectivity index (χ4n) is 4.23. The lowest BCUT2D eigenvalue weighted by atomic mass is 10.1. The Morgan fingerprint density at radius 1 is 1.03 bits per heavy atom. The van der Waals surface area contributed by atoms with E-state index >= 15 is 0 Å². The van der Waals surface area contributed by atoms with E-state index in [9.17, 15) is 4.79 Å². The maximum atomic E-state index is 12.8. The molecule has 4 N–H and O–H groups in total. The Balaban J connectivity index is 0.000000892. The van der Waals surface area contributed by atoms with E-state index in [1.165, 1.54) is 6.33 Å². The smallest absolute Gasteiger partial charge is 0.237 e. The van der Waals surface area contributed by atoms with E-state index in [4.69, 9.17) is 4.79 Å². The number of nitrogens with zero attached hydrogens (tertiary/aromatic N) is 3. The number of benzene rings is 3. The molecule has 37 heavy (non-hydrogen) atoms. The number of anilines is 3. The first-order valence-electron chi connectivity index (χ1n) is 11.6. The van der Waals surface area contributed by atoms with Gasteiger partial charge in [-0.25, -0.2) is 9.97 Å². The van der Waals surface area contributed by atoms with Gasteiger partial charge in [0.2, 0.25) is 12.3 Å². The molecular formula is C28H24N6O2S. The van der Waals surface area contributed by atoms with Gasteiger partial charge in [0.05, 0.1) is 23.7 Å². The molecular weight excluding hydrogens is 484 g/mol. The summed E-state index contributed by atoms with van der Waals surface area (Å²) in [5.41, 5.74) is 11.2. The van der Waals surface area contributed by atoms with Crippen molar-refractivity contribution in [1.29, 1.82) is 0 Å². The molecule has 184 valence electrons. The highest BCUT2D eigenvalue weighted by Crippen LogP contribution is 2.39. The zero-order valence-electron chi connectivity index (χ0n) is 19.8. The number of thioether (sulfide) groups is 1. The highest BCUT2D eigenvalue weighted by atomic mass is 32.2. The Hall–Kier alpha value is -4.63. The average Bonchev–Trinajstić information content (AvgIpc) is 3.34. The van der Waals surface area contributed by atoms with E-state index in [1.807, 2.05) is 41.7 Å². The normalized spacial score (nSPS) is 12.4. The number of amides is 2. The molecule has 2 amide bonds. The Bertz CT molecular complexity index is 1540. The predicted molar refractivity (Wildman–Crippen MR) is 148 cm³/mol. The molecule has 0 atom stereocenters. The summed E-state index contributed by atoms with van der Waals surface area (Å²) in [6, 6.07) is 22.6. The van der Waals surface area contributed by atoms with Crippen molar-refractivity contribution >= 4 is 52.0 Å². The van der Waals surface area contributed by atoms with Gasteiger partial charge in [-0.3, -0.25) is 9.59 Å². The van der Waals surface area contributed by atoms with Crippen LogP contribution in [0.25, 0.3) is 22.0 Å². The third kappa shape index (κ3) is 5.31. The van der Waals surface area contributed by atoms with Crippen molar-refractivity contribution in [1.82, 2.24) is 15.0 Å². The van der Waals surface area contributed by atoms with Gasteiger partial charge in [0.1, 0.15) is 6.33 Å². The lowest BCUT2D eigenvalue weighted by molar-refractivity contribution is -0.116. The molecule has 0 unspecified atom stereocenters. The van der Waals surface area contributed by atoms with Gasteiger partial charge in [-0.15, -0.1) is 11.8 Å². The number of rotatable bonds is 5. The molecule has 0 spiro atoms. The van der Waals surface area contributed by atoms with Gasteiger partial charge in [-0.1, -0.05) is 36.4 Å². The molecule has 8 nitrogen and oxygen atoms in total. The monoisotopic (exact) mass is 508 g/mol. The number of hydrogen-bond acceptors (Lipinski definition) is 6. The molecule has 0 saturated carbocycles. The van der Waals surface area contributed by atoms with Crippen LogP contribution < -0.4 is 16.0 Å². The van der Waals surface area contributed by atoms with Gasteiger partial charge >= 0.3 is 0 Å². The Labute approximate surface area is 217 Å². The maximum absolute atomic E-state index is 12.8. The second kappa shape index (κ2) is 11.0. The molecule has 0 bridgehead atoms. The number of nitrogens with two attached hydrogens (primary N) is 1. The summed E-state index contributed by atoms with van der Waals surface area (Å²) in [6.45, 7) is 0.562. The summed E-state index contributed by atoms with van der Waals surface area (Å²) in [7, 11) is 0. The maximum Gasteiger partial charge on any atom is 0.237 e. The van der Waals surface area contributed by atoms with Crippen molar-refractivity contribution in [2.75, 3.05) is 16.0 Å². The topological polar surface area (TPSA) is 117 Å². The van der Waals surface area contributed by atoms with Gasteiger partial charge < -0.3 is 20.9 Å². The lowest BCUT2D eigenvalue weighted by Crippen LogP contribution is -2.34. The van der Waals surface area contributed by atoms with E-state index in [1.54, 1.807) is 11.8 Å². The molecule has 6 rings (SSSR count). The third-order valence-electron chi connectivity index (χ3n) is 5.94. The van der Waals surface area contributed by atoms with Gasteiger partial charge in [0, 0.05) is 45.6 Å². The highest BCUT2D eigenvalue weighted by molar-refractivity contribution is 8.00. The first-order chi connectivity index (χ1) is 18.2. The fraction of sp³-hybridized carbons (Fsp3) is 0.0714. The molecule has 5 aromatic rings. The SMILES string of the molecule is NC=O.O=C1CSc2ccc(Nc3c[nH]c4ccc(-c5cncnc5)cc34)cc2N1Cc1ccccc1. The summed E-state index contributed by atoms with van der Waals surface area (Å²) in [6.07, 6.45) is 7.38. The average molecular weight is 509 g/mol. The summed E-state index contributed by atoms with van der Waals surface area (Å²) in [4.78, 5) is 36.0. The van der Waals surface area contributed by atoms with Crippen molar-refractivity contribution in [2.45, 2.75) is 11.4 Å². The molecule has 3 aromatic carbocycles.